The highest BCUT2D eigenvalue weighted by Gasteiger charge is 2.20. The van der Waals surface area contributed by atoms with Gasteiger partial charge in [-0.25, -0.2) is 0 Å². The summed E-state index contributed by atoms with van der Waals surface area (Å²) >= 11 is 1.51. The van der Waals surface area contributed by atoms with Gasteiger partial charge in [-0.15, -0.1) is 10.2 Å². The van der Waals surface area contributed by atoms with Crippen LogP contribution in [0.4, 0.5) is 8.78 Å². The van der Waals surface area contributed by atoms with Crippen LogP contribution in [0.25, 0.3) is 0 Å². The molecule has 2 aromatic carbocycles. The maximum atomic E-state index is 12.3. The molecule has 0 fully saturated rings. The number of halogens is 2. The summed E-state index contributed by atoms with van der Waals surface area (Å²) in [5.74, 6) is 2.03. The predicted octanol–water partition coefficient (Wildman–Crippen LogP) is 5.11. The fourth-order valence-electron chi connectivity index (χ4n) is 3.03. The van der Waals surface area contributed by atoms with E-state index in [-0.39, 0.29) is 17.8 Å². The van der Waals surface area contributed by atoms with Gasteiger partial charge in [0.15, 0.2) is 5.82 Å². The van der Waals surface area contributed by atoms with Crippen molar-refractivity contribution in [3.05, 3.63) is 65.5 Å². The number of benzene rings is 2. The van der Waals surface area contributed by atoms with Crippen LogP contribution in [0.2, 0.25) is 0 Å². The molecule has 0 radical (unpaired) electrons. The second kappa shape index (κ2) is 8.66. The van der Waals surface area contributed by atoms with Gasteiger partial charge in [0.1, 0.15) is 18.1 Å². The Hall–Kier alpha value is -2.94. The molecule has 0 saturated heterocycles. The van der Waals surface area contributed by atoms with Gasteiger partial charge in [-0.2, -0.15) is 18.6 Å². The lowest BCUT2D eigenvalue weighted by atomic mass is 9.87. The summed E-state index contributed by atoms with van der Waals surface area (Å²) in [6.45, 7) is 3.87. The normalized spacial score (nSPS) is 13.7. The molecule has 3 aromatic rings. The zero-order valence-electron chi connectivity index (χ0n) is 17.4. The van der Waals surface area contributed by atoms with Gasteiger partial charge in [0, 0.05) is 5.75 Å². The smallest absolute Gasteiger partial charge is 0.387 e. The lowest BCUT2D eigenvalue weighted by molar-refractivity contribution is -0.0498. The molecule has 31 heavy (non-hydrogen) atoms. The fraction of sp³-hybridized carbons (Fsp3) is 0.318. The van der Waals surface area contributed by atoms with Gasteiger partial charge in [-0.05, 0) is 52.9 Å². The molecule has 0 N–H and O–H groups in total. The molecule has 0 spiro atoms. The van der Waals surface area contributed by atoms with Gasteiger partial charge in [-0.1, -0.05) is 44.7 Å². The Morgan fingerprint density at radius 2 is 1.68 bits per heavy atom. The van der Waals surface area contributed by atoms with Crippen LogP contribution in [0.5, 0.6) is 11.5 Å². The highest BCUT2D eigenvalue weighted by atomic mass is 32.2. The van der Waals surface area contributed by atoms with Crippen molar-refractivity contribution >= 4 is 17.5 Å². The third-order valence-electron chi connectivity index (χ3n) is 4.74. The summed E-state index contributed by atoms with van der Waals surface area (Å²) in [6, 6.07) is 14.4. The topological polar surface area (TPSA) is 61.5 Å². The van der Waals surface area contributed by atoms with E-state index in [1.165, 1.54) is 29.5 Å². The predicted molar refractivity (Wildman–Crippen MR) is 115 cm³/mol. The Kier molecular flexibility index (Phi) is 5.95. The number of hydrogen-bond acceptors (Lipinski definition) is 6. The van der Waals surface area contributed by atoms with Crippen LogP contribution in [0.15, 0.2) is 58.8 Å². The largest absolute Gasteiger partial charge is 0.486 e. The van der Waals surface area contributed by atoms with E-state index < -0.39 is 6.61 Å². The summed E-state index contributed by atoms with van der Waals surface area (Å²) in [7, 11) is 0. The van der Waals surface area contributed by atoms with Crippen molar-refractivity contribution in [3.63, 3.8) is 0 Å². The van der Waals surface area contributed by atoms with E-state index >= 15 is 0 Å². The highest BCUT2D eigenvalue weighted by molar-refractivity contribution is 7.99. The van der Waals surface area contributed by atoms with E-state index in [2.05, 4.69) is 52.9 Å². The van der Waals surface area contributed by atoms with Gasteiger partial charge < -0.3 is 9.47 Å². The first-order valence-corrected chi connectivity index (χ1v) is 10.7. The van der Waals surface area contributed by atoms with Crippen molar-refractivity contribution in [2.75, 3.05) is 5.75 Å². The summed E-state index contributed by atoms with van der Waals surface area (Å²) in [6.07, 6.45) is 0. The number of hydrogen-bond donors (Lipinski definition) is 0. The highest BCUT2D eigenvalue weighted by Crippen LogP contribution is 2.27. The Bertz CT molecular complexity index is 1070. The first-order chi connectivity index (χ1) is 14.8. The monoisotopic (exact) mass is 444 g/mol. The number of alkyl halides is 2. The molecule has 0 amide bonds. The number of rotatable bonds is 6. The average molecular weight is 445 g/mol. The van der Waals surface area contributed by atoms with Crippen LogP contribution in [-0.4, -0.2) is 32.9 Å². The zero-order chi connectivity index (χ0) is 22.0. The fourth-order valence-corrected chi connectivity index (χ4v) is 3.88. The van der Waals surface area contributed by atoms with Gasteiger partial charge in [-0.3, -0.25) is 0 Å². The molecule has 9 heteroatoms. The third kappa shape index (κ3) is 5.04. The van der Waals surface area contributed by atoms with Crippen LogP contribution < -0.4 is 9.47 Å². The number of ether oxygens (including phenoxy) is 2. The lowest BCUT2D eigenvalue weighted by Crippen LogP contribution is -2.15. The molecule has 0 unspecified atom stereocenters. The van der Waals surface area contributed by atoms with E-state index in [9.17, 15) is 8.78 Å². The molecular formula is C22H22F2N4O2S. The Morgan fingerprint density at radius 1 is 1.00 bits per heavy atom. The first-order valence-electron chi connectivity index (χ1n) is 9.73. The number of aromatic nitrogens is 3. The Morgan fingerprint density at radius 3 is 2.32 bits per heavy atom. The van der Waals surface area contributed by atoms with Gasteiger partial charge in [0.25, 0.3) is 0 Å². The molecule has 0 bridgehead atoms. The average Bonchev–Trinajstić information content (AvgIpc) is 3.14. The molecule has 1 aliphatic rings. The minimum absolute atomic E-state index is 0.0801. The van der Waals surface area contributed by atoms with Crippen LogP contribution >= 0.6 is 11.8 Å². The van der Waals surface area contributed by atoms with E-state index in [4.69, 9.17) is 4.74 Å². The quantitative estimate of drug-likeness (QED) is 0.529. The minimum atomic E-state index is -2.85. The zero-order valence-corrected chi connectivity index (χ0v) is 18.2. The first kappa shape index (κ1) is 21.3. The molecule has 0 atom stereocenters. The van der Waals surface area contributed by atoms with Crippen molar-refractivity contribution in [2.24, 2.45) is 5.10 Å². The van der Waals surface area contributed by atoms with Crippen molar-refractivity contribution in [3.8, 4) is 11.5 Å². The number of fused-ring (bicyclic) bond motifs is 1. The van der Waals surface area contributed by atoms with E-state index in [1.54, 1.807) is 16.8 Å². The van der Waals surface area contributed by atoms with Crippen molar-refractivity contribution in [1.29, 1.82) is 0 Å². The Balaban J connectivity index is 1.48. The summed E-state index contributed by atoms with van der Waals surface area (Å²) in [5, 5.41) is 13.7. The van der Waals surface area contributed by atoms with Crippen molar-refractivity contribution in [1.82, 2.24) is 14.9 Å². The van der Waals surface area contributed by atoms with Crippen LogP contribution in [0, 0.1) is 0 Å². The van der Waals surface area contributed by atoms with E-state index in [0.29, 0.717) is 16.7 Å². The van der Waals surface area contributed by atoms with E-state index in [1.807, 2.05) is 12.1 Å². The lowest BCUT2D eigenvalue weighted by Gasteiger charge is -2.19. The van der Waals surface area contributed by atoms with E-state index in [0.717, 1.165) is 17.0 Å². The standard InChI is InChI=1S/C22H22F2N4O2S/c1-22(2,3)15-6-10-16(11-7-15)29-12-19-25-26-21-28(19)27-18(13-31-21)14-4-8-17(9-5-14)30-20(23)24/h4-11,20H,12-13H2,1-3H3. The molecular weight excluding hydrogens is 422 g/mol. The third-order valence-corrected chi connectivity index (χ3v) is 5.67. The van der Waals surface area contributed by atoms with Gasteiger partial charge >= 0.3 is 6.61 Å². The molecule has 0 aliphatic carbocycles. The molecule has 162 valence electrons. The molecule has 1 aromatic heterocycles. The second-order valence-electron chi connectivity index (χ2n) is 8.01. The molecule has 1 aliphatic heterocycles. The van der Waals surface area contributed by atoms with Crippen molar-refractivity contribution in [2.45, 2.75) is 44.6 Å². The summed E-state index contributed by atoms with van der Waals surface area (Å²) in [5.41, 5.74) is 2.92. The number of nitrogens with zero attached hydrogens (tertiary/aromatic N) is 4. The van der Waals surface area contributed by atoms with Gasteiger partial charge in [0.05, 0.1) is 5.71 Å². The van der Waals surface area contributed by atoms with Crippen LogP contribution in [-0.2, 0) is 12.0 Å². The molecule has 0 saturated carbocycles. The molecule has 2 heterocycles. The van der Waals surface area contributed by atoms with Crippen LogP contribution in [0.1, 0.15) is 37.7 Å². The maximum Gasteiger partial charge on any atom is 0.387 e. The maximum absolute atomic E-state index is 12.3. The molecule has 4 rings (SSSR count). The summed E-state index contributed by atoms with van der Waals surface area (Å²) < 4.78 is 36.6. The minimum Gasteiger partial charge on any atom is -0.486 e. The SMILES string of the molecule is CC(C)(C)c1ccc(OCc2nnc3n2N=C(c2ccc(OC(F)F)cc2)CS3)cc1. The van der Waals surface area contributed by atoms with Crippen LogP contribution in [0.3, 0.4) is 0 Å². The van der Waals surface area contributed by atoms with Crippen molar-refractivity contribution < 1.29 is 18.3 Å². The molecule has 6 nitrogen and oxygen atoms in total. The van der Waals surface area contributed by atoms with Gasteiger partial charge in [0.2, 0.25) is 5.16 Å². The summed E-state index contributed by atoms with van der Waals surface area (Å²) in [4.78, 5) is 0. The Labute approximate surface area is 183 Å². The number of thioether (sulfide) groups is 1. The second-order valence-corrected chi connectivity index (χ2v) is 8.95.